The predicted octanol–water partition coefficient (Wildman–Crippen LogP) is 3.80. The minimum Gasteiger partial charge on any atom is -0.511 e. The van der Waals surface area contributed by atoms with Gasteiger partial charge in [-0.1, -0.05) is 27.2 Å². The maximum absolute atomic E-state index is 12.4. The smallest absolute Gasteiger partial charge is 0.311 e. The fourth-order valence-corrected chi connectivity index (χ4v) is 4.61. The molecule has 0 radical (unpaired) electrons. The van der Waals surface area contributed by atoms with E-state index < -0.39 is 10.8 Å². The van der Waals surface area contributed by atoms with Crippen molar-refractivity contribution in [3.8, 4) is 0 Å². The Kier molecular flexibility index (Phi) is 4.42. The molecule has 0 aromatic heterocycles. The molecule has 0 amide bonds. The van der Waals surface area contributed by atoms with Gasteiger partial charge in [-0.2, -0.15) is 0 Å². The van der Waals surface area contributed by atoms with Gasteiger partial charge in [-0.05, 0) is 38.5 Å². The summed E-state index contributed by atoms with van der Waals surface area (Å²) >= 11 is 0. The van der Waals surface area contributed by atoms with Crippen LogP contribution in [-0.2, 0) is 14.3 Å². The van der Waals surface area contributed by atoms with Crippen molar-refractivity contribution in [2.75, 3.05) is 7.11 Å². The number of aliphatic hydroxyl groups is 1. The second kappa shape index (κ2) is 5.71. The van der Waals surface area contributed by atoms with Gasteiger partial charge in [-0.25, -0.2) is 0 Å². The van der Waals surface area contributed by atoms with Crippen molar-refractivity contribution < 1.29 is 19.4 Å². The quantitative estimate of drug-likeness (QED) is 0.805. The van der Waals surface area contributed by atoms with Crippen molar-refractivity contribution in [1.82, 2.24) is 0 Å². The molecule has 0 aromatic rings. The van der Waals surface area contributed by atoms with Crippen LogP contribution in [0.15, 0.2) is 11.3 Å². The number of Topliss-reactive ketones (excluding diaryl/α,β-unsaturated/α-hetero) is 1. The number of hydrogen-bond acceptors (Lipinski definition) is 4. The second-order valence-electron chi connectivity index (χ2n) is 7.62. The first kappa shape index (κ1) is 17.0. The van der Waals surface area contributed by atoms with Gasteiger partial charge in [0, 0.05) is 16.9 Å². The molecule has 1 saturated carbocycles. The number of carbonyl (C=O) groups excluding carboxylic acids is 2. The number of methoxy groups -OCH3 is 1. The maximum atomic E-state index is 12.4. The molecule has 2 aliphatic carbocycles. The lowest BCUT2D eigenvalue weighted by Crippen LogP contribution is -2.51. The molecule has 0 heterocycles. The van der Waals surface area contributed by atoms with E-state index in [2.05, 4.69) is 0 Å². The van der Waals surface area contributed by atoms with Crippen molar-refractivity contribution in [3.05, 3.63) is 11.3 Å². The molecule has 22 heavy (non-hydrogen) atoms. The van der Waals surface area contributed by atoms with Crippen molar-refractivity contribution >= 4 is 11.8 Å². The van der Waals surface area contributed by atoms with Gasteiger partial charge in [0.15, 0.2) is 5.78 Å². The van der Waals surface area contributed by atoms with Gasteiger partial charge in [-0.3, -0.25) is 9.59 Å². The molecule has 0 saturated heterocycles. The molecular formula is C18H28O4. The maximum Gasteiger partial charge on any atom is 0.311 e. The van der Waals surface area contributed by atoms with Gasteiger partial charge in [-0.15, -0.1) is 0 Å². The van der Waals surface area contributed by atoms with E-state index >= 15 is 0 Å². The largest absolute Gasteiger partial charge is 0.511 e. The van der Waals surface area contributed by atoms with Crippen molar-refractivity contribution in [1.29, 1.82) is 0 Å². The highest BCUT2D eigenvalue weighted by Crippen LogP contribution is 2.59. The number of hydrogen-bond donors (Lipinski definition) is 1. The van der Waals surface area contributed by atoms with E-state index in [1.54, 1.807) is 0 Å². The number of esters is 1. The Bertz CT molecular complexity index is 519. The van der Waals surface area contributed by atoms with Crippen LogP contribution in [0.1, 0.15) is 59.8 Å². The van der Waals surface area contributed by atoms with Crippen LogP contribution in [0.4, 0.5) is 0 Å². The molecule has 1 unspecified atom stereocenters. The Morgan fingerprint density at radius 1 is 1.27 bits per heavy atom. The van der Waals surface area contributed by atoms with E-state index in [1.807, 2.05) is 27.7 Å². The third kappa shape index (κ3) is 2.37. The van der Waals surface area contributed by atoms with E-state index in [-0.39, 0.29) is 29.3 Å². The minimum absolute atomic E-state index is 0.0184. The molecule has 0 aromatic carbocycles. The molecule has 2 rings (SSSR count). The van der Waals surface area contributed by atoms with Crippen LogP contribution in [0.2, 0.25) is 0 Å². The lowest BCUT2D eigenvalue weighted by Gasteiger charge is -2.52. The Morgan fingerprint density at radius 2 is 1.91 bits per heavy atom. The molecule has 0 bridgehead atoms. The standard InChI is InChI=1S/C18H28O4/c1-11(2)14(19)12-7-8-13-17(3,15(12)20)9-6-10-18(13,4)16(21)22-5/h11,13,20H,6-10H2,1-5H3/t13?,17-,18-/m0/s1. The molecule has 0 spiro atoms. The molecule has 4 heteroatoms. The molecule has 3 atom stereocenters. The normalized spacial score (nSPS) is 35.3. The van der Waals surface area contributed by atoms with Crippen LogP contribution in [0, 0.1) is 22.7 Å². The van der Waals surface area contributed by atoms with Crippen LogP contribution >= 0.6 is 0 Å². The van der Waals surface area contributed by atoms with Crippen molar-refractivity contribution in [2.24, 2.45) is 22.7 Å². The van der Waals surface area contributed by atoms with Gasteiger partial charge in [0.25, 0.3) is 0 Å². The third-order valence-electron chi connectivity index (χ3n) is 5.91. The molecule has 4 nitrogen and oxygen atoms in total. The summed E-state index contributed by atoms with van der Waals surface area (Å²) in [5, 5.41) is 10.8. The summed E-state index contributed by atoms with van der Waals surface area (Å²) in [5.74, 6) is -0.0487. The average molecular weight is 308 g/mol. The summed E-state index contributed by atoms with van der Waals surface area (Å²) in [4.78, 5) is 24.7. The lowest BCUT2D eigenvalue weighted by molar-refractivity contribution is -0.164. The van der Waals surface area contributed by atoms with Crippen LogP contribution < -0.4 is 0 Å². The average Bonchev–Trinajstić information content (AvgIpc) is 2.47. The van der Waals surface area contributed by atoms with E-state index in [9.17, 15) is 14.7 Å². The van der Waals surface area contributed by atoms with Crippen molar-refractivity contribution in [2.45, 2.75) is 59.8 Å². The number of allylic oxidation sites excluding steroid dienone is 2. The van der Waals surface area contributed by atoms with Crippen molar-refractivity contribution in [3.63, 3.8) is 0 Å². The van der Waals surface area contributed by atoms with Crippen LogP contribution in [0.25, 0.3) is 0 Å². The van der Waals surface area contributed by atoms with Gasteiger partial charge in [0.05, 0.1) is 12.5 Å². The Morgan fingerprint density at radius 3 is 2.45 bits per heavy atom. The van der Waals surface area contributed by atoms with E-state index in [0.717, 1.165) is 25.7 Å². The second-order valence-corrected chi connectivity index (χ2v) is 7.62. The van der Waals surface area contributed by atoms with E-state index in [1.165, 1.54) is 7.11 Å². The molecule has 1 N–H and O–H groups in total. The van der Waals surface area contributed by atoms with Crippen LogP contribution in [0.3, 0.4) is 0 Å². The monoisotopic (exact) mass is 308 g/mol. The van der Waals surface area contributed by atoms with Gasteiger partial charge in [0.1, 0.15) is 5.76 Å². The van der Waals surface area contributed by atoms with Crippen LogP contribution in [0.5, 0.6) is 0 Å². The SMILES string of the molecule is COC(=O)[C@@]1(C)CCC[C@]2(C)C(O)=C(C(=O)C(C)C)CCC12. The van der Waals surface area contributed by atoms with Crippen LogP contribution in [-0.4, -0.2) is 24.0 Å². The first-order valence-corrected chi connectivity index (χ1v) is 8.23. The zero-order valence-electron chi connectivity index (χ0n) is 14.4. The van der Waals surface area contributed by atoms with Gasteiger partial charge >= 0.3 is 5.97 Å². The highest BCUT2D eigenvalue weighted by molar-refractivity contribution is 5.97. The number of carbonyl (C=O) groups is 2. The topological polar surface area (TPSA) is 63.6 Å². The molecule has 1 fully saturated rings. The summed E-state index contributed by atoms with van der Waals surface area (Å²) in [6.45, 7) is 7.66. The van der Waals surface area contributed by atoms with Gasteiger partial charge < -0.3 is 9.84 Å². The number of aliphatic hydroxyl groups excluding tert-OH is 1. The lowest BCUT2D eigenvalue weighted by atomic mass is 9.51. The first-order chi connectivity index (χ1) is 10.2. The zero-order chi connectivity index (χ0) is 16.7. The molecule has 2 aliphatic rings. The molecular weight excluding hydrogens is 280 g/mol. The Labute approximate surface area is 132 Å². The highest BCUT2D eigenvalue weighted by atomic mass is 16.5. The summed E-state index contributed by atoms with van der Waals surface area (Å²) in [7, 11) is 1.42. The zero-order valence-corrected chi connectivity index (χ0v) is 14.4. The number of rotatable bonds is 3. The molecule has 0 aliphatic heterocycles. The summed E-state index contributed by atoms with van der Waals surface area (Å²) in [6.07, 6.45) is 3.74. The fourth-order valence-electron chi connectivity index (χ4n) is 4.61. The number of ether oxygens (including phenoxy) is 1. The number of fused-ring (bicyclic) bond motifs is 1. The number of ketones is 1. The summed E-state index contributed by atoms with van der Waals surface area (Å²) in [5.41, 5.74) is -0.510. The molecule has 124 valence electrons. The Balaban J connectivity index is 2.46. The van der Waals surface area contributed by atoms with E-state index in [0.29, 0.717) is 12.0 Å². The fraction of sp³-hybridized carbons (Fsp3) is 0.778. The van der Waals surface area contributed by atoms with Gasteiger partial charge in [0.2, 0.25) is 0 Å². The summed E-state index contributed by atoms with van der Waals surface area (Å²) < 4.78 is 5.03. The first-order valence-electron chi connectivity index (χ1n) is 8.23. The van der Waals surface area contributed by atoms with E-state index in [4.69, 9.17) is 4.74 Å². The predicted molar refractivity (Wildman–Crippen MR) is 84.3 cm³/mol. The highest BCUT2D eigenvalue weighted by Gasteiger charge is 2.57. The third-order valence-corrected chi connectivity index (χ3v) is 5.91. The summed E-state index contributed by atoms with van der Waals surface area (Å²) in [6, 6.07) is 0. The Hall–Kier alpha value is -1.32. The minimum atomic E-state index is -0.581.